The number of pyridine rings is 1. The Balaban J connectivity index is 1.25. The lowest BCUT2D eigenvalue weighted by atomic mass is 10.0. The Morgan fingerprint density at radius 1 is 1.10 bits per heavy atom. The molecule has 31 heavy (non-hydrogen) atoms. The van der Waals surface area contributed by atoms with Gasteiger partial charge in [0, 0.05) is 37.2 Å². The fourth-order valence-electron chi connectivity index (χ4n) is 3.89. The molecule has 1 amide bonds. The van der Waals surface area contributed by atoms with Crippen molar-refractivity contribution in [2.24, 2.45) is 5.92 Å². The van der Waals surface area contributed by atoms with E-state index in [1.807, 2.05) is 18.2 Å². The van der Waals surface area contributed by atoms with Crippen LogP contribution in [0.4, 0.5) is 5.95 Å². The number of fused-ring (bicyclic) bond motifs is 1. The summed E-state index contributed by atoms with van der Waals surface area (Å²) >= 11 is 0. The second kappa shape index (κ2) is 8.20. The number of nitrogens with zero attached hydrogens (tertiary/aromatic N) is 4. The number of hydrogen-bond donors (Lipinski definition) is 2. The minimum atomic E-state index is 0.00605. The first-order valence-corrected chi connectivity index (χ1v) is 10.8. The smallest absolute Gasteiger partial charge is 0.249 e. The molecule has 1 aliphatic carbocycles. The highest BCUT2D eigenvalue weighted by atomic mass is 16.2. The van der Waals surface area contributed by atoms with Crippen LogP contribution in [0.1, 0.15) is 25.3 Å². The first-order chi connectivity index (χ1) is 15.0. The van der Waals surface area contributed by atoms with Crippen LogP contribution >= 0.6 is 0 Å². The van der Waals surface area contributed by atoms with Gasteiger partial charge in [-0.05, 0) is 37.5 Å². The van der Waals surface area contributed by atoms with Gasteiger partial charge in [-0.25, -0.2) is 4.52 Å². The van der Waals surface area contributed by atoms with E-state index in [-0.39, 0.29) is 17.6 Å². The summed E-state index contributed by atoms with van der Waals surface area (Å²) in [5.41, 5.74) is 3.93. The predicted molar refractivity (Wildman–Crippen MR) is 118 cm³/mol. The van der Waals surface area contributed by atoms with Crippen molar-refractivity contribution in [3.05, 3.63) is 48.0 Å². The molecule has 2 fully saturated rings. The summed E-state index contributed by atoms with van der Waals surface area (Å²) < 4.78 is 1.78. The summed E-state index contributed by atoms with van der Waals surface area (Å²) in [4.78, 5) is 29.9. The van der Waals surface area contributed by atoms with Gasteiger partial charge in [0.1, 0.15) is 5.78 Å². The van der Waals surface area contributed by atoms with Gasteiger partial charge in [-0.1, -0.05) is 30.3 Å². The van der Waals surface area contributed by atoms with Crippen LogP contribution in [0.15, 0.2) is 42.5 Å². The number of rotatable bonds is 8. The lowest BCUT2D eigenvalue weighted by Gasteiger charge is -2.39. The van der Waals surface area contributed by atoms with E-state index in [0.29, 0.717) is 24.2 Å². The summed E-state index contributed by atoms with van der Waals surface area (Å²) in [6.45, 7) is 4.87. The van der Waals surface area contributed by atoms with Crippen molar-refractivity contribution in [2.75, 3.05) is 25.0 Å². The topological polar surface area (TPSA) is 91.6 Å². The highest BCUT2D eigenvalue weighted by molar-refractivity contribution is 5.92. The molecule has 0 atom stereocenters. The van der Waals surface area contributed by atoms with Gasteiger partial charge in [0.25, 0.3) is 0 Å². The van der Waals surface area contributed by atoms with Crippen molar-refractivity contribution in [2.45, 2.75) is 32.4 Å². The van der Waals surface area contributed by atoms with Crippen molar-refractivity contribution < 1.29 is 9.59 Å². The molecule has 3 aromatic rings. The van der Waals surface area contributed by atoms with Crippen LogP contribution in [0.25, 0.3) is 16.9 Å². The third-order valence-corrected chi connectivity index (χ3v) is 5.80. The second-order valence-electron chi connectivity index (χ2n) is 8.55. The molecule has 3 heterocycles. The number of carbonyl (C=O) groups is 2. The zero-order chi connectivity index (χ0) is 21.4. The average Bonchev–Trinajstić information content (AvgIpc) is 3.50. The van der Waals surface area contributed by atoms with Gasteiger partial charge >= 0.3 is 0 Å². The van der Waals surface area contributed by atoms with Crippen molar-refractivity contribution in [1.29, 1.82) is 0 Å². The fourth-order valence-corrected chi connectivity index (χ4v) is 3.89. The molecule has 0 radical (unpaired) electrons. The van der Waals surface area contributed by atoms with Gasteiger partial charge < -0.3 is 5.32 Å². The Labute approximate surface area is 180 Å². The predicted octanol–water partition coefficient (Wildman–Crippen LogP) is 2.11. The molecular formula is C23H26N6O2. The van der Waals surface area contributed by atoms with Crippen molar-refractivity contribution in [1.82, 2.24) is 24.8 Å². The number of hydrogen-bond acceptors (Lipinski definition) is 6. The molecule has 160 valence electrons. The van der Waals surface area contributed by atoms with Crippen LogP contribution in [0.5, 0.6) is 0 Å². The molecule has 1 saturated heterocycles. The maximum absolute atomic E-state index is 12.0. The zero-order valence-electron chi connectivity index (χ0n) is 17.5. The Hall–Kier alpha value is -3.10. The Kier molecular flexibility index (Phi) is 5.25. The molecule has 2 aliphatic rings. The zero-order valence-corrected chi connectivity index (χ0v) is 17.5. The number of Topliss-reactive ketones (excluding diaryl/α,β-unsaturated/α-hetero) is 1. The van der Waals surface area contributed by atoms with Crippen LogP contribution in [0.3, 0.4) is 0 Å². The molecule has 0 unspecified atom stereocenters. The molecule has 5 rings (SSSR count). The number of benzene rings is 1. The minimum Gasteiger partial charge on any atom is -0.305 e. The SMILES string of the molecule is CC(=O)CNC1CN(Cc2ccc(-c3cccc4nc(NC(=O)C5CC5)nn34)cc2)C1. The number of amides is 1. The summed E-state index contributed by atoms with van der Waals surface area (Å²) in [5.74, 6) is 0.650. The largest absolute Gasteiger partial charge is 0.305 e. The highest BCUT2D eigenvalue weighted by Crippen LogP contribution is 2.30. The summed E-state index contributed by atoms with van der Waals surface area (Å²) in [6, 6.07) is 14.7. The lowest BCUT2D eigenvalue weighted by molar-refractivity contribution is -0.117. The Morgan fingerprint density at radius 2 is 1.87 bits per heavy atom. The van der Waals surface area contributed by atoms with Gasteiger partial charge in [0.2, 0.25) is 11.9 Å². The monoisotopic (exact) mass is 418 g/mol. The molecule has 2 N–H and O–H groups in total. The summed E-state index contributed by atoms with van der Waals surface area (Å²) in [5, 5.41) is 10.6. The molecule has 0 spiro atoms. The lowest BCUT2D eigenvalue weighted by Crippen LogP contribution is -2.57. The summed E-state index contributed by atoms with van der Waals surface area (Å²) in [6.07, 6.45) is 1.90. The maximum Gasteiger partial charge on any atom is 0.249 e. The normalized spacial score (nSPS) is 16.9. The Morgan fingerprint density at radius 3 is 2.58 bits per heavy atom. The summed E-state index contributed by atoms with van der Waals surface area (Å²) in [7, 11) is 0. The Bertz CT molecular complexity index is 1110. The van der Waals surface area contributed by atoms with Gasteiger partial charge in [-0.2, -0.15) is 4.98 Å². The molecule has 1 saturated carbocycles. The van der Waals surface area contributed by atoms with Gasteiger partial charge in [-0.3, -0.25) is 19.8 Å². The molecule has 8 nitrogen and oxygen atoms in total. The number of aromatic nitrogens is 3. The third-order valence-electron chi connectivity index (χ3n) is 5.80. The van der Waals surface area contributed by atoms with Crippen LogP contribution in [-0.2, 0) is 16.1 Å². The molecule has 8 heteroatoms. The molecular weight excluding hydrogens is 392 g/mol. The average molecular weight is 419 g/mol. The van der Waals surface area contributed by atoms with E-state index < -0.39 is 0 Å². The van der Waals surface area contributed by atoms with E-state index in [4.69, 9.17) is 0 Å². The van der Waals surface area contributed by atoms with E-state index in [9.17, 15) is 9.59 Å². The first kappa shape index (κ1) is 19.8. The van der Waals surface area contributed by atoms with E-state index in [1.54, 1.807) is 11.4 Å². The first-order valence-electron chi connectivity index (χ1n) is 10.8. The van der Waals surface area contributed by atoms with E-state index in [0.717, 1.165) is 43.7 Å². The molecule has 0 bridgehead atoms. The molecule has 2 aromatic heterocycles. The number of likely N-dealkylation sites (tertiary alicyclic amines) is 1. The van der Waals surface area contributed by atoms with E-state index >= 15 is 0 Å². The van der Waals surface area contributed by atoms with Crippen LogP contribution in [0, 0.1) is 5.92 Å². The minimum absolute atomic E-state index is 0.00605. The van der Waals surface area contributed by atoms with Crippen molar-refractivity contribution in [3.63, 3.8) is 0 Å². The van der Waals surface area contributed by atoms with Crippen molar-refractivity contribution >= 4 is 23.3 Å². The van der Waals surface area contributed by atoms with Crippen LogP contribution < -0.4 is 10.6 Å². The second-order valence-corrected chi connectivity index (χ2v) is 8.55. The standard InChI is InChI=1S/C23H26N6O2/c1-15(30)11-24-19-13-28(14-19)12-16-5-7-17(8-6-16)20-3-2-4-21-25-23(27-29(20)21)26-22(31)18-9-10-18/h2-8,18-19,24H,9-14H2,1H3,(H,26,27,31). The van der Waals surface area contributed by atoms with E-state index in [1.165, 1.54) is 5.56 Å². The van der Waals surface area contributed by atoms with Crippen LogP contribution in [0.2, 0.25) is 0 Å². The number of nitrogens with one attached hydrogen (secondary N) is 2. The molecule has 1 aliphatic heterocycles. The third kappa shape index (κ3) is 4.50. The van der Waals surface area contributed by atoms with Gasteiger partial charge in [0.05, 0.1) is 12.2 Å². The molecule has 1 aromatic carbocycles. The van der Waals surface area contributed by atoms with Gasteiger partial charge in [-0.15, -0.1) is 5.10 Å². The van der Waals surface area contributed by atoms with Crippen molar-refractivity contribution in [3.8, 4) is 11.3 Å². The maximum atomic E-state index is 12.0. The number of carbonyl (C=O) groups excluding carboxylic acids is 2. The van der Waals surface area contributed by atoms with E-state index in [2.05, 4.69) is 49.9 Å². The number of anilines is 1. The fraction of sp³-hybridized carbons (Fsp3) is 0.391. The highest BCUT2D eigenvalue weighted by Gasteiger charge is 2.30. The number of ketones is 1. The quantitative estimate of drug-likeness (QED) is 0.582. The van der Waals surface area contributed by atoms with Gasteiger partial charge in [0.15, 0.2) is 5.65 Å². The van der Waals surface area contributed by atoms with Crippen LogP contribution in [-0.4, -0.2) is 56.9 Å².